The van der Waals surface area contributed by atoms with E-state index in [-0.39, 0.29) is 106 Å². The van der Waals surface area contributed by atoms with Crippen LogP contribution >= 0.6 is 183 Å². The van der Waals surface area contributed by atoms with Crippen molar-refractivity contribution in [1.82, 2.24) is 52.6 Å². The van der Waals surface area contributed by atoms with Gasteiger partial charge in [0.05, 0.1) is 60.1 Å². The number of carbonyl (C=O) groups excluding carboxylic acids is 12. The minimum Gasteiger partial charge on any atom is -0.334 e. The van der Waals surface area contributed by atoms with Gasteiger partial charge in [-0.05, 0) is 374 Å². The van der Waals surface area contributed by atoms with Crippen LogP contribution in [0.2, 0.25) is 0 Å². The number of benzene rings is 9. The number of piperidine rings is 2. The lowest BCUT2D eigenvalue weighted by Crippen LogP contribution is -2.39. The normalized spacial score (nSPS) is 14.1. The standard InChI is InChI=1S/2C23H24IN3O2S.3C11H8INO2.2C11H12INO2/c1-25-20-5-3-2-4-19(20)22(29)27(23(25)30)15-14-26-12-10-17(11-13-26)21(28)16-6-8-18(24)9-7-16;1-25-20-8-7-18(24)15-19(20)22(29)27(23(25)30)14-13-26-11-9-17(10-12-26)21(28)16-5-3-2-4-6-16;2*12-9-3-1-8(2-4-9)7-13-10(14)5-6-11(13)15;12-9-3-1-2-8(6-9)7-13-10(14)4-5-11(13)15;1-8(14)7-13(2)11(15)9-4-3-5-10(12)6-9;1-8(14)7-13(2)11(15)9-5-3-4-6-10(9)12/h2-9,17H,10-15H2,1H3;2-8,15,17H,9-14H2,1H3;3*1-6H,7H2;2*3-6H,7H2,1-2H3. The lowest BCUT2D eigenvalue weighted by molar-refractivity contribution is -0.139. The topological polar surface area (TPSA) is 281 Å². The molecule has 0 unspecified atom stereocenters. The number of nitrogens with zero attached hydrogens (tertiary/aromatic N) is 11. The summed E-state index contributed by atoms with van der Waals surface area (Å²) in [4.78, 5) is 176. The Morgan fingerprint density at radius 2 is 0.704 bits per heavy atom. The van der Waals surface area contributed by atoms with Gasteiger partial charge in [0.15, 0.2) is 21.1 Å². The Labute approximate surface area is 888 Å². The first-order valence-electron chi connectivity index (χ1n) is 42.7. The predicted molar refractivity (Wildman–Crippen MR) is 587 cm³/mol. The number of hydrogen-bond donors (Lipinski definition) is 0. The Kier molecular flexibility index (Phi) is 42.1. The van der Waals surface area contributed by atoms with Crippen molar-refractivity contribution in [3.63, 3.8) is 0 Å². The maximum Gasteiger partial charge on any atom is 0.262 e. The van der Waals surface area contributed by atoms with E-state index in [4.69, 9.17) is 24.4 Å². The number of aromatic nitrogens is 4. The Bertz CT molecular complexity index is 6470. The van der Waals surface area contributed by atoms with Crippen molar-refractivity contribution in [1.29, 1.82) is 0 Å². The number of ketones is 4. The van der Waals surface area contributed by atoms with Crippen LogP contribution in [-0.4, -0.2) is 189 Å². The number of hydrogen-bond acceptors (Lipinski definition) is 18. The Morgan fingerprint density at radius 1 is 0.348 bits per heavy atom. The van der Waals surface area contributed by atoms with Gasteiger partial charge in [-0.3, -0.25) is 91.0 Å². The molecule has 5 aliphatic heterocycles. The van der Waals surface area contributed by atoms with E-state index in [1.807, 2.05) is 223 Å². The lowest BCUT2D eigenvalue weighted by atomic mass is 9.89. The molecule has 0 N–H and O–H groups in total. The van der Waals surface area contributed by atoms with Crippen molar-refractivity contribution in [3.8, 4) is 0 Å². The number of aryl methyl sites for hydroxylation is 2. The molecule has 0 aliphatic carbocycles. The van der Waals surface area contributed by atoms with E-state index in [1.54, 1.807) is 41.4 Å². The molecule has 0 bridgehead atoms. The molecular formula is C101H96I7N11O14S2. The molecule has 5 aliphatic rings. The van der Waals surface area contributed by atoms with E-state index in [0.717, 1.165) is 129 Å². The van der Waals surface area contributed by atoms with Crippen LogP contribution in [0.25, 0.3) is 21.8 Å². The molecule has 8 amide bonds. The molecule has 2 aromatic heterocycles. The van der Waals surface area contributed by atoms with Crippen molar-refractivity contribution < 1.29 is 57.5 Å². The van der Waals surface area contributed by atoms with Crippen LogP contribution in [0.3, 0.4) is 0 Å². The average Bonchev–Trinajstić information content (AvgIpc) is 1.61. The minimum atomic E-state index is -0.237. The molecule has 0 saturated carbocycles. The third kappa shape index (κ3) is 31.5. The summed E-state index contributed by atoms with van der Waals surface area (Å²) in [5.41, 5.74) is 7.41. The van der Waals surface area contributed by atoms with Gasteiger partial charge >= 0.3 is 0 Å². The highest BCUT2D eigenvalue weighted by atomic mass is 127. The van der Waals surface area contributed by atoms with Crippen LogP contribution < -0.4 is 11.1 Å². The molecule has 135 heavy (non-hydrogen) atoms. The molecule has 0 atom stereocenters. The number of amides is 8. The minimum absolute atomic E-state index is 0.0169. The van der Waals surface area contributed by atoms with E-state index in [9.17, 15) is 67.1 Å². The third-order valence-electron chi connectivity index (χ3n) is 22.2. The van der Waals surface area contributed by atoms with E-state index in [1.165, 1.54) is 74.8 Å². The maximum atomic E-state index is 13.0. The average molecular weight is 2640 g/mol. The lowest BCUT2D eigenvalue weighted by Gasteiger charge is -2.31. The number of likely N-dealkylation sites (tertiary alicyclic amines) is 2. The monoisotopic (exact) mass is 2640 g/mol. The second-order valence-corrected chi connectivity index (χ2v) is 41.4. The molecule has 700 valence electrons. The van der Waals surface area contributed by atoms with Crippen LogP contribution in [0.1, 0.15) is 97.7 Å². The third-order valence-corrected chi connectivity index (χ3v) is 28.3. The molecule has 25 nitrogen and oxygen atoms in total. The van der Waals surface area contributed by atoms with Crippen molar-refractivity contribution in [3.05, 3.63) is 349 Å². The number of carbonyl (C=O) groups is 12. The fraction of sp³-hybridized carbons (Fsp3) is 0.248. The SMILES string of the molecule is CC(=O)CN(C)C(=O)c1cccc(I)c1.CC(=O)CN(C)C(=O)c1ccccc1I.Cn1c(=S)n(CCN2CCC(C(=O)c3ccc(I)cc3)CC2)c(=O)c2ccccc21.Cn1c(=S)n(CCN2CCC(C(=O)c3ccccc3)CC2)c(=O)c2cc(I)ccc21.O=C1C=CC(=O)N1Cc1ccc(I)cc1.O=C1C=CC(=O)N1Cc1ccc(I)cc1.O=C1C=CC(=O)N1Cc1cccc(I)c1. The van der Waals surface area contributed by atoms with E-state index in [0.29, 0.717) is 64.2 Å². The number of halogens is 7. The fourth-order valence-electron chi connectivity index (χ4n) is 15.0. The largest absolute Gasteiger partial charge is 0.334 e. The Morgan fingerprint density at radius 3 is 1.14 bits per heavy atom. The molecule has 2 fully saturated rings. The second kappa shape index (κ2) is 52.7. The molecular weight excluding hydrogens is 2540 g/mol. The first-order valence-corrected chi connectivity index (χ1v) is 51.1. The summed E-state index contributed by atoms with van der Waals surface area (Å²) in [6.45, 7) is 10.4. The quantitative estimate of drug-likeness (QED) is 0.0264. The van der Waals surface area contributed by atoms with Gasteiger partial charge in [-0.1, -0.05) is 109 Å². The molecule has 0 spiro atoms. The van der Waals surface area contributed by atoms with Gasteiger partial charge in [-0.15, -0.1) is 0 Å². The van der Waals surface area contributed by atoms with E-state index >= 15 is 0 Å². The number of imide groups is 3. The van der Waals surface area contributed by atoms with Gasteiger partial charge in [0.25, 0.3) is 58.4 Å². The molecule has 0 radical (unpaired) electrons. The van der Waals surface area contributed by atoms with Crippen LogP contribution in [0.5, 0.6) is 0 Å². The van der Waals surface area contributed by atoms with E-state index < -0.39 is 0 Å². The maximum absolute atomic E-state index is 13.0. The van der Waals surface area contributed by atoms with Crippen molar-refractivity contribution >= 4 is 275 Å². The van der Waals surface area contributed by atoms with Gasteiger partial charge in [0.2, 0.25) is 0 Å². The summed E-state index contributed by atoms with van der Waals surface area (Å²) in [6.07, 6.45) is 11.2. The zero-order valence-electron chi connectivity index (χ0n) is 74.5. The Hall–Kier alpha value is -9.01. The highest BCUT2D eigenvalue weighted by Crippen LogP contribution is 2.27. The Balaban J connectivity index is 0.000000167. The van der Waals surface area contributed by atoms with Gasteiger partial charge in [-0.2, -0.15) is 0 Å². The number of para-hydroxylation sites is 1. The molecule has 7 heterocycles. The summed E-state index contributed by atoms with van der Waals surface area (Å²) in [7, 11) is 7.08. The highest BCUT2D eigenvalue weighted by molar-refractivity contribution is 14.1. The number of likely N-dealkylation sites (N-methyl/N-ethyl adjacent to an activating group) is 2. The van der Waals surface area contributed by atoms with Crippen LogP contribution in [-0.2, 0) is 85.2 Å². The summed E-state index contributed by atoms with van der Waals surface area (Å²) >= 11 is 26.5. The van der Waals surface area contributed by atoms with Crippen LogP contribution in [0.15, 0.2) is 264 Å². The highest BCUT2D eigenvalue weighted by Gasteiger charge is 2.30. The molecule has 16 rings (SSSR count). The smallest absolute Gasteiger partial charge is 0.262 e. The molecule has 2 saturated heterocycles. The molecule has 34 heteroatoms. The zero-order chi connectivity index (χ0) is 97.9. The van der Waals surface area contributed by atoms with Gasteiger partial charge in [-0.25, -0.2) is 0 Å². The van der Waals surface area contributed by atoms with Gasteiger partial charge in [0, 0.05) is 144 Å². The van der Waals surface area contributed by atoms with Crippen LogP contribution in [0, 0.1) is 46.4 Å². The predicted octanol–water partition coefficient (Wildman–Crippen LogP) is 17.6. The zero-order valence-corrected chi connectivity index (χ0v) is 91.3. The van der Waals surface area contributed by atoms with Gasteiger partial charge < -0.3 is 28.7 Å². The van der Waals surface area contributed by atoms with Crippen molar-refractivity contribution in [2.45, 2.75) is 72.3 Å². The summed E-state index contributed by atoms with van der Waals surface area (Å²) in [6, 6.07) is 68.7. The summed E-state index contributed by atoms with van der Waals surface area (Å²) < 4.78 is 15.7. The van der Waals surface area contributed by atoms with Crippen LogP contribution in [0.4, 0.5) is 0 Å². The molecule has 11 aromatic rings. The number of Topliss-reactive ketones (excluding diaryl/α,β-unsaturated/α-hetero) is 4. The second-order valence-electron chi connectivity index (χ2n) is 32.0. The number of fused-ring (bicyclic) bond motifs is 2. The molecule has 9 aromatic carbocycles. The number of rotatable bonds is 22. The summed E-state index contributed by atoms with van der Waals surface area (Å²) in [5, 5.41) is 1.39. The van der Waals surface area contributed by atoms with Crippen molar-refractivity contribution in [2.24, 2.45) is 25.9 Å². The summed E-state index contributed by atoms with van der Waals surface area (Å²) in [5.74, 6) is -1.04. The van der Waals surface area contributed by atoms with Gasteiger partial charge in [0.1, 0.15) is 11.6 Å². The first kappa shape index (κ1) is 108. The van der Waals surface area contributed by atoms with E-state index in [2.05, 4.69) is 168 Å². The fourth-order valence-corrected chi connectivity index (χ4v) is 18.9. The van der Waals surface area contributed by atoms with Crippen molar-refractivity contribution in [2.75, 3.05) is 66.5 Å². The first-order chi connectivity index (χ1) is 64.4.